The molecule has 1 aliphatic rings. The maximum atomic E-state index is 6.04. The monoisotopic (exact) mass is 310 g/mol. The van der Waals surface area contributed by atoms with Crippen LogP contribution >= 0.6 is 11.3 Å². The highest BCUT2D eigenvalue weighted by atomic mass is 32.1. The summed E-state index contributed by atoms with van der Waals surface area (Å²) in [7, 11) is 0. The molecule has 0 radical (unpaired) electrons. The molecule has 4 heteroatoms. The molecule has 0 aliphatic heterocycles. The van der Waals surface area contributed by atoms with Crippen LogP contribution < -0.4 is 4.74 Å². The van der Waals surface area contributed by atoms with Crippen LogP contribution in [-0.2, 0) is 0 Å². The number of fused-ring (bicyclic) bond motifs is 1. The van der Waals surface area contributed by atoms with E-state index in [-0.39, 0.29) is 0 Å². The number of ether oxygens (including phenoxy) is 1. The van der Waals surface area contributed by atoms with Gasteiger partial charge in [-0.25, -0.2) is 4.98 Å². The fourth-order valence-electron chi connectivity index (χ4n) is 3.07. The molecule has 2 aromatic heterocycles. The molecule has 112 valence electrons. The van der Waals surface area contributed by atoms with Gasteiger partial charge in [-0.05, 0) is 36.4 Å². The van der Waals surface area contributed by atoms with E-state index >= 15 is 0 Å². The smallest absolute Gasteiger partial charge is 0.240 e. The van der Waals surface area contributed by atoms with Gasteiger partial charge < -0.3 is 4.74 Å². The van der Waals surface area contributed by atoms with Crippen molar-refractivity contribution in [3.63, 3.8) is 0 Å². The van der Waals surface area contributed by atoms with Crippen LogP contribution in [0.2, 0.25) is 0 Å². The topological polar surface area (TPSA) is 35.0 Å². The van der Waals surface area contributed by atoms with Crippen LogP contribution in [0.15, 0.2) is 41.8 Å². The van der Waals surface area contributed by atoms with E-state index < -0.39 is 0 Å². The third kappa shape index (κ3) is 2.71. The minimum absolute atomic E-state index is 0.483. The van der Waals surface area contributed by atoms with Crippen molar-refractivity contribution >= 4 is 21.6 Å². The molecule has 0 saturated heterocycles. The molecule has 3 aromatic rings. The molecule has 1 aliphatic carbocycles. The molecule has 0 unspecified atom stereocenters. The first kappa shape index (κ1) is 13.7. The van der Waals surface area contributed by atoms with E-state index in [9.17, 15) is 0 Å². The second-order valence-corrected chi connectivity index (χ2v) is 6.69. The number of hydrogen-bond donors (Lipinski definition) is 0. The van der Waals surface area contributed by atoms with Crippen molar-refractivity contribution in [2.45, 2.75) is 38.0 Å². The lowest BCUT2D eigenvalue weighted by Gasteiger charge is -2.20. The zero-order valence-electron chi connectivity index (χ0n) is 12.4. The van der Waals surface area contributed by atoms with Crippen LogP contribution in [0.1, 0.15) is 43.8 Å². The summed E-state index contributed by atoms with van der Waals surface area (Å²) in [5, 5.41) is 2.06. The Bertz CT molecular complexity index is 763. The van der Waals surface area contributed by atoms with E-state index in [0.717, 1.165) is 21.8 Å². The van der Waals surface area contributed by atoms with Crippen LogP contribution in [0.3, 0.4) is 0 Å². The molecule has 1 saturated carbocycles. The van der Waals surface area contributed by atoms with Gasteiger partial charge >= 0.3 is 0 Å². The number of rotatable bonds is 3. The standard InChI is InChI=1S/C18H18N2OS/c1-3-7-13(8-4-1)17-19-15-11-12-22-16(15)18(20-17)21-14-9-5-2-6-10-14/h2,5-6,9-13H,1,3-4,7-8H2. The van der Waals surface area contributed by atoms with Gasteiger partial charge in [0.2, 0.25) is 5.88 Å². The molecular formula is C18H18N2OS. The van der Waals surface area contributed by atoms with E-state index in [1.807, 2.05) is 30.3 Å². The largest absolute Gasteiger partial charge is 0.437 e. The average molecular weight is 310 g/mol. The van der Waals surface area contributed by atoms with Gasteiger partial charge in [0, 0.05) is 5.92 Å². The van der Waals surface area contributed by atoms with E-state index in [0.29, 0.717) is 11.8 Å². The Kier molecular flexibility index (Phi) is 3.77. The Morgan fingerprint density at radius 3 is 2.59 bits per heavy atom. The highest BCUT2D eigenvalue weighted by molar-refractivity contribution is 7.17. The molecule has 0 amide bonds. The molecule has 0 spiro atoms. The molecule has 1 fully saturated rings. The fraction of sp³-hybridized carbons (Fsp3) is 0.333. The Hall–Kier alpha value is -1.94. The van der Waals surface area contributed by atoms with E-state index in [4.69, 9.17) is 14.7 Å². The van der Waals surface area contributed by atoms with Gasteiger partial charge in [0.25, 0.3) is 0 Å². The lowest BCUT2D eigenvalue weighted by Crippen LogP contribution is -2.09. The molecule has 1 aromatic carbocycles. The summed E-state index contributed by atoms with van der Waals surface area (Å²) in [5.74, 6) is 2.96. The van der Waals surface area contributed by atoms with Crippen LogP contribution in [0.4, 0.5) is 0 Å². The van der Waals surface area contributed by atoms with Crippen LogP contribution in [-0.4, -0.2) is 9.97 Å². The summed E-state index contributed by atoms with van der Waals surface area (Å²) in [4.78, 5) is 9.55. The second-order valence-electron chi connectivity index (χ2n) is 5.77. The van der Waals surface area contributed by atoms with Gasteiger partial charge in [-0.15, -0.1) is 11.3 Å². The molecule has 3 nitrogen and oxygen atoms in total. The minimum Gasteiger partial charge on any atom is -0.437 e. The maximum absolute atomic E-state index is 6.04. The molecule has 0 atom stereocenters. The molecule has 0 bridgehead atoms. The number of thiophene rings is 1. The van der Waals surface area contributed by atoms with Crippen molar-refractivity contribution in [1.82, 2.24) is 9.97 Å². The summed E-state index contributed by atoms with van der Waals surface area (Å²) in [5.41, 5.74) is 1.01. The predicted octanol–water partition coefficient (Wildman–Crippen LogP) is 5.53. The molecule has 22 heavy (non-hydrogen) atoms. The van der Waals surface area contributed by atoms with Gasteiger partial charge in [-0.3, -0.25) is 0 Å². The van der Waals surface area contributed by atoms with Crippen LogP contribution in [0.5, 0.6) is 11.6 Å². The van der Waals surface area contributed by atoms with Crippen molar-refractivity contribution in [2.75, 3.05) is 0 Å². The normalized spacial score (nSPS) is 16.0. The van der Waals surface area contributed by atoms with Crippen LogP contribution in [0, 0.1) is 0 Å². The third-order valence-electron chi connectivity index (χ3n) is 4.22. The highest BCUT2D eigenvalue weighted by Crippen LogP contribution is 2.36. The first-order valence-electron chi connectivity index (χ1n) is 7.88. The maximum Gasteiger partial charge on any atom is 0.240 e. The molecule has 2 heterocycles. The second kappa shape index (κ2) is 6.05. The van der Waals surface area contributed by atoms with Gasteiger partial charge in [0.15, 0.2) is 0 Å². The lowest BCUT2D eigenvalue weighted by molar-refractivity contribution is 0.418. The Labute approximate surface area is 134 Å². The summed E-state index contributed by atoms with van der Waals surface area (Å²) in [6.07, 6.45) is 6.29. The van der Waals surface area contributed by atoms with Crippen LogP contribution in [0.25, 0.3) is 10.2 Å². The predicted molar refractivity (Wildman–Crippen MR) is 89.8 cm³/mol. The van der Waals surface area contributed by atoms with Crippen molar-refractivity contribution in [3.8, 4) is 11.6 Å². The Balaban J connectivity index is 1.73. The third-order valence-corrected chi connectivity index (χ3v) is 5.11. The number of nitrogens with zero attached hydrogens (tertiary/aromatic N) is 2. The molecule has 0 N–H and O–H groups in total. The van der Waals surface area contributed by atoms with Gasteiger partial charge in [-0.1, -0.05) is 37.5 Å². The van der Waals surface area contributed by atoms with E-state index in [2.05, 4.69) is 11.4 Å². The molecular weight excluding hydrogens is 292 g/mol. The SMILES string of the molecule is c1ccc(Oc2nc(C3CCCCC3)nc3ccsc23)cc1. The zero-order valence-corrected chi connectivity index (χ0v) is 13.2. The number of para-hydroxylation sites is 1. The van der Waals surface area contributed by atoms with Crippen molar-refractivity contribution < 1.29 is 4.74 Å². The summed E-state index contributed by atoms with van der Waals surface area (Å²) in [6.45, 7) is 0. The van der Waals surface area contributed by atoms with Crippen molar-refractivity contribution in [1.29, 1.82) is 0 Å². The van der Waals surface area contributed by atoms with Crippen molar-refractivity contribution in [2.24, 2.45) is 0 Å². The molecule has 4 rings (SSSR count). The first-order chi connectivity index (χ1) is 10.9. The summed E-state index contributed by atoms with van der Waals surface area (Å²) in [6, 6.07) is 11.9. The first-order valence-corrected chi connectivity index (χ1v) is 8.76. The quantitative estimate of drug-likeness (QED) is 0.638. The zero-order chi connectivity index (χ0) is 14.8. The number of aromatic nitrogens is 2. The highest BCUT2D eigenvalue weighted by Gasteiger charge is 2.21. The minimum atomic E-state index is 0.483. The Morgan fingerprint density at radius 2 is 1.77 bits per heavy atom. The van der Waals surface area contributed by atoms with Gasteiger partial charge in [-0.2, -0.15) is 4.98 Å². The van der Waals surface area contributed by atoms with Gasteiger partial charge in [0.1, 0.15) is 16.3 Å². The number of hydrogen-bond acceptors (Lipinski definition) is 4. The lowest BCUT2D eigenvalue weighted by atomic mass is 9.89. The fourth-order valence-corrected chi connectivity index (χ4v) is 3.82. The Morgan fingerprint density at radius 1 is 0.955 bits per heavy atom. The summed E-state index contributed by atoms with van der Waals surface area (Å²) >= 11 is 1.64. The summed E-state index contributed by atoms with van der Waals surface area (Å²) < 4.78 is 7.07. The number of benzene rings is 1. The van der Waals surface area contributed by atoms with E-state index in [1.165, 1.54) is 32.1 Å². The van der Waals surface area contributed by atoms with E-state index in [1.54, 1.807) is 11.3 Å². The average Bonchev–Trinajstić information content (AvgIpc) is 3.05. The van der Waals surface area contributed by atoms with Crippen molar-refractivity contribution in [3.05, 3.63) is 47.6 Å². The van der Waals surface area contributed by atoms with Gasteiger partial charge in [0.05, 0.1) is 5.52 Å².